The summed E-state index contributed by atoms with van der Waals surface area (Å²) in [7, 11) is 1.98. The maximum atomic E-state index is 4.27. The smallest absolute Gasteiger partial charge is 0.0597 e. The lowest BCUT2D eigenvalue weighted by Crippen LogP contribution is -2.23. The zero-order valence-corrected chi connectivity index (χ0v) is 8.26. The molecule has 0 aliphatic heterocycles. The SMILES string of the molecule is Cc1cc(CNC(C)C)n(C)n1. The van der Waals surface area contributed by atoms with Gasteiger partial charge in [0.1, 0.15) is 0 Å². The topological polar surface area (TPSA) is 29.9 Å². The van der Waals surface area contributed by atoms with E-state index >= 15 is 0 Å². The zero-order chi connectivity index (χ0) is 9.14. The van der Waals surface area contributed by atoms with E-state index in [4.69, 9.17) is 0 Å². The van der Waals surface area contributed by atoms with Gasteiger partial charge < -0.3 is 5.32 Å². The van der Waals surface area contributed by atoms with Gasteiger partial charge >= 0.3 is 0 Å². The van der Waals surface area contributed by atoms with Crippen molar-refractivity contribution in [1.29, 1.82) is 0 Å². The first-order valence-electron chi connectivity index (χ1n) is 4.32. The Morgan fingerprint density at radius 1 is 1.58 bits per heavy atom. The van der Waals surface area contributed by atoms with Crippen LogP contribution in [0.3, 0.4) is 0 Å². The average molecular weight is 167 g/mol. The van der Waals surface area contributed by atoms with Crippen LogP contribution in [0.4, 0.5) is 0 Å². The van der Waals surface area contributed by atoms with Crippen LogP contribution in [-0.4, -0.2) is 15.8 Å². The standard InChI is InChI=1S/C9H17N3/c1-7(2)10-6-9-5-8(3)11-12(9)4/h5,7,10H,6H2,1-4H3. The quantitative estimate of drug-likeness (QED) is 0.733. The van der Waals surface area contributed by atoms with Crippen molar-refractivity contribution in [2.24, 2.45) is 7.05 Å². The Balaban J connectivity index is 2.57. The van der Waals surface area contributed by atoms with Crippen molar-refractivity contribution in [1.82, 2.24) is 15.1 Å². The molecule has 0 radical (unpaired) electrons. The maximum absolute atomic E-state index is 4.27. The van der Waals surface area contributed by atoms with Gasteiger partial charge in [-0.1, -0.05) is 13.8 Å². The van der Waals surface area contributed by atoms with E-state index in [-0.39, 0.29) is 0 Å². The van der Waals surface area contributed by atoms with Gasteiger partial charge in [-0.25, -0.2) is 0 Å². The summed E-state index contributed by atoms with van der Waals surface area (Å²) in [5.74, 6) is 0. The zero-order valence-electron chi connectivity index (χ0n) is 8.26. The fraction of sp³-hybridized carbons (Fsp3) is 0.667. The summed E-state index contributed by atoms with van der Waals surface area (Å²) in [6.45, 7) is 7.19. The summed E-state index contributed by atoms with van der Waals surface area (Å²) in [5, 5.41) is 7.62. The van der Waals surface area contributed by atoms with Crippen molar-refractivity contribution in [3.8, 4) is 0 Å². The number of hydrogen-bond acceptors (Lipinski definition) is 2. The van der Waals surface area contributed by atoms with E-state index in [0.29, 0.717) is 6.04 Å². The Hall–Kier alpha value is -0.830. The third-order valence-electron chi connectivity index (χ3n) is 1.79. The van der Waals surface area contributed by atoms with Crippen molar-refractivity contribution in [3.05, 3.63) is 17.5 Å². The van der Waals surface area contributed by atoms with E-state index in [1.165, 1.54) is 5.69 Å². The van der Waals surface area contributed by atoms with Crippen molar-refractivity contribution < 1.29 is 0 Å². The Bertz CT molecular complexity index is 250. The lowest BCUT2D eigenvalue weighted by Gasteiger charge is -2.07. The van der Waals surface area contributed by atoms with Crippen LogP contribution in [0.2, 0.25) is 0 Å². The predicted octanol–water partition coefficient (Wildman–Crippen LogP) is 1.23. The maximum Gasteiger partial charge on any atom is 0.0597 e. The molecule has 0 bridgehead atoms. The summed E-state index contributed by atoms with van der Waals surface area (Å²) in [6, 6.07) is 2.63. The van der Waals surface area contributed by atoms with Gasteiger partial charge in [0.15, 0.2) is 0 Å². The van der Waals surface area contributed by atoms with Crippen LogP contribution < -0.4 is 5.32 Å². The van der Waals surface area contributed by atoms with Crippen LogP contribution in [0.1, 0.15) is 25.2 Å². The highest BCUT2D eigenvalue weighted by Crippen LogP contribution is 2.01. The fourth-order valence-electron chi connectivity index (χ4n) is 1.14. The third kappa shape index (κ3) is 2.34. The van der Waals surface area contributed by atoms with Crippen molar-refractivity contribution >= 4 is 0 Å². The lowest BCUT2D eigenvalue weighted by atomic mass is 10.3. The molecule has 1 aromatic rings. The number of nitrogens with zero attached hydrogens (tertiary/aromatic N) is 2. The van der Waals surface area contributed by atoms with Gasteiger partial charge in [0.25, 0.3) is 0 Å². The van der Waals surface area contributed by atoms with Gasteiger partial charge in [0, 0.05) is 19.6 Å². The Morgan fingerprint density at radius 2 is 2.25 bits per heavy atom. The van der Waals surface area contributed by atoms with E-state index in [9.17, 15) is 0 Å². The Morgan fingerprint density at radius 3 is 2.67 bits per heavy atom. The van der Waals surface area contributed by atoms with Crippen molar-refractivity contribution in [2.75, 3.05) is 0 Å². The summed E-state index contributed by atoms with van der Waals surface area (Å²) in [6.07, 6.45) is 0. The molecule has 3 heteroatoms. The van der Waals surface area contributed by atoms with Crippen LogP contribution in [0.5, 0.6) is 0 Å². The van der Waals surface area contributed by atoms with E-state index in [1.54, 1.807) is 0 Å². The molecule has 1 rings (SSSR count). The third-order valence-corrected chi connectivity index (χ3v) is 1.79. The minimum absolute atomic E-state index is 0.528. The minimum Gasteiger partial charge on any atom is -0.309 e. The van der Waals surface area contributed by atoms with Crippen LogP contribution >= 0.6 is 0 Å². The van der Waals surface area contributed by atoms with Crippen LogP contribution in [0.15, 0.2) is 6.07 Å². The Kier molecular flexibility index (Phi) is 2.87. The van der Waals surface area contributed by atoms with E-state index in [2.05, 4.69) is 30.3 Å². The van der Waals surface area contributed by atoms with Gasteiger partial charge in [-0.2, -0.15) is 5.10 Å². The van der Waals surface area contributed by atoms with Crippen molar-refractivity contribution in [2.45, 2.75) is 33.4 Å². The monoisotopic (exact) mass is 167 g/mol. The normalized spacial score (nSPS) is 11.1. The highest BCUT2D eigenvalue weighted by atomic mass is 15.3. The second kappa shape index (κ2) is 3.72. The first-order valence-corrected chi connectivity index (χ1v) is 4.32. The molecule has 0 aliphatic carbocycles. The predicted molar refractivity (Wildman–Crippen MR) is 49.9 cm³/mol. The second-order valence-corrected chi connectivity index (χ2v) is 3.44. The molecule has 0 fully saturated rings. The van der Waals surface area contributed by atoms with Gasteiger partial charge in [0.05, 0.1) is 11.4 Å². The molecule has 0 saturated carbocycles. The molecular weight excluding hydrogens is 150 g/mol. The van der Waals surface area contributed by atoms with Gasteiger partial charge in [-0.15, -0.1) is 0 Å². The fourth-order valence-corrected chi connectivity index (χ4v) is 1.14. The van der Waals surface area contributed by atoms with Crippen LogP contribution in [-0.2, 0) is 13.6 Å². The van der Waals surface area contributed by atoms with Gasteiger partial charge in [-0.3, -0.25) is 4.68 Å². The molecule has 0 aromatic carbocycles. The van der Waals surface area contributed by atoms with Crippen LogP contribution in [0, 0.1) is 6.92 Å². The summed E-state index contributed by atoms with van der Waals surface area (Å²) >= 11 is 0. The molecule has 0 amide bonds. The number of hydrogen-bond donors (Lipinski definition) is 1. The molecule has 1 aromatic heterocycles. The number of aryl methyl sites for hydroxylation is 2. The summed E-state index contributed by atoms with van der Waals surface area (Å²) in [4.78, 5) is 0. The first-order chi connectivity index (χ1) is 5.59. The van der Waals surface area contributed by atoms with Crippen LogP contribution in [0.25, 0.3) is 0 Å². The first kappa shape index (κ1) is 9.26. The molecule has 1 heterocycles. The summed E-state index contributed by atoms with van der Waals surface area (Å²) < 4.78 is 1.92. The number of rotatable bonds is 3. The Labute approximate surface area is 73.8 Å². The molecule has 0 atom stereocenters. The van der Waals surface area contributed by atoms with Gasteiger partial charge in [0.2, 0.25) is 0 Å². The van der Waals surface area contributed by atoms with E-state index in [1.807, 2.05) is 18.7 Å². The molecule has 68 valence electrons. The highest BCUT2D eigenvalue weighted by molar-refractivity contribution is 5.08. The van der Waals surface area contributed by atoms with E-state index in [0.717, 1.165) is 12.2 Å². The molecule has 0 unspecified atom stereocenters. The number of nitrogens with one attached hydrogen (secondary N) is 1. The lowest BCUT2D eigenvalue weighted by molar-refractivity contribution is 0.559. The van der Waals surface area contributed by atoms with Gasteiger partial charge in [-0.05, 0) is 13.0 Å². The highest BCUT2D eigenvalue weighted by Gasteiger charge is 2.01. The molecular formula is C9H17N3. The van der Waals surface area contributed by atoms with E-state index < -0.39 is 0 Å². The molecule has 3 nitrogen and oxygen atoms in total. The molecule has 1 N–H and O–H groups in total. The molecule has 0 saturated heterocycles. The number of aromatic nitrogens is 2. The summed E-state index contributed by atoms with van der Waals surface area (Å²) in [5.41, 5.74) is 2.32. The second-order valence-electron chi connectivity index (χ2n) is 3.44. The molecule has 0 aliphatic rings. The van der Waals surface area contributed by atoms with Crippen molar-refractivity contribution in [3.63, 3.8) is 0 Å². The average Bonchev–Trinajstić information content (AvgIpc) is 2.26. The minimum atomic E-state index is 0.528. The molecule has 0 spiro atoms. The largest absolute Gasteiger partial charge is 0.309 e. The molecule has 12 heavy (non-hydrogen) atoms.